The van der Waals surface area contributed by atoms with E-state index in [1.165, 1.54) is 24.1 Å². The fraction of sp³-hybridized carbons (Fsp3) is 0.320. The van der Waals surface area contributed by atoms with Crippen LogP contribution in [0.1, 0.15) is 34.1 Å². The molecule has 2 heterocycles. The lowest BCUT2D eigenvalue weighted by atomic mass is 10.0. The summed E-state index contributed by atoms with van der Waals surface area (Å²) < 4.78 is 56.8. The van der Waals surface area contributed by atoms with Gasteiger partial charge in [0.25, 0.3) is 5.91 Å². The molecule has 3 aromatic rings. The minimum atomic E-state index is -4.64. The number of hydrogen-bond donors (Lipinski definition) is 0. The number of carbonyl (C=O) groups excluding carboxylic acids is 1. The highest BCUT2D eigenvalue weighted by molar-refractivity contribution is 6.00. The second-order valence-electron chi connectivity index (χ2n) is 8.15. The Balaban J connectivity index is 1.65. The van der Waals surface area contributed by atoms with Gasteiger partial charge in [0, 0.05) is 31.3 Å². The summed E-state index contributed by atoms with van der Waals surface area (Å²) >= 11 is 0. The molecule has 0 N–H and O–H groups in total. The first-order chi connectivity index (χ1) is 17.2. The molecule has 4 rings (SSSR count). The van der Waals surface area contributed by atoms with Crippen molar-refractivity contribution in [2.24, 2.45) is 0 Å². The molecule has 8 nitrogen and oxygen atoms in total. The highest BCUT2D eigenvalue weighted by Gasteiger charge is 2.39. The summed E-state index contributed by atoms with van der Waals surface area (Å²) in [5.41, 5.74) is 2.21. The molecule has 11 heteroatoms. The molecular formula is C25H23F3N4O4. The number of nitriles is 1. The van der Waals surface area contributed by atoms with Gasteiger partial charge in [-0.2, -0.15) is 23.5 Å². The standard InChI is InChI=1S/C25H23F3N4O4/c1-15(25(26,27)28)36-21-9-4-16(12-29)23(35-3)22(21)24(33)31-11-10-20-17(13-31)14-32(30-20)18-5-7-19(34-2)8-6-18/h4-9,14-15H,10-11,13H2,1-3H3. The quantitative estimate of drug-likeness (QED) is 0.502. The maximum absolute atomic E-state index is 13.6. The predicted octanol–water partition coefficient (Wildman–Crippen LogP) is 4.29. The second-order valence-corrected chi connectivity index (χ2v) is 8.15. The Labute approximate surface area is 205 Å². The molecule has 1 aliphatic heterocycles. The summed E-state index contributed by atoms with van der Waals surface area (Å²) in [6.45, 7) is 1.30. The Hall–Kier alpha value is -4.20. The number of nitrogens with zero attached hydrogens (tertiary/aromatic N) is 4. The van der Waals surface area contributed by atoms with Crippen LogP contribution in [-0.4, -0.2) is 53.6 Å². The van der Waals surface area contributed by atoms with Gasteiger partial charge in [-0.3, -0.25) is 4.79 Å². The third kappa shape index (κ3) is 4.79. The first-order valence-electron chi connectivity index (χ1n) is 11.0. The number of benzene rings is 2. The molecule has 0 bridgehead atoms. The number of fused-ring (bicyclic) bond motifs is 1. The van der Waals surface area contributed by atoms with Crippen molar-refractivity contribution in [3.63, 3.8) is 0 Å². The van der Waals surface area contributed by atoms with E-state index in [0.717, 1.165) is 23.9 Å². The summed E-state index contributed by atoms with van der Waals surface area (Å²) in [5.74, 6) is -0.329. The normalized spacial score (nSPS) is 14.0. The molecule has 2 aromatic carbocycles. The van der Waals surface area contributed by atoms with Crippen LogP contribution >= 0.6 is 0 Å². The van der Waals surface area contributed by atoms with Gasteiger partial charge in [0.2, 0.25) is 0 Å². The van der Waals surface area contributed by atoms with Crippen molar-refractivity contribution in [2.75, 3.05) is 20.8 Å². The lowest BCUT2D eigenvalue weighted by Crippen LogP contribution is -2.37. The van der Waals surface area contributed by atoms with E-state index in [0.29, 0.717) is 12.2 Å². The summed E-state index contributed by atoms with van der Waals surface area (Å²) in [4.78, 5) is 15.1. The van der Waals surface area contributed by atoms with Crippen molar-refractivity contribution in [1.82, 2.24) is 14.7 Å². The number of ether oxygens (including phenoxy) is 3. The maximum atomic E-state index is 13.6. The number of halogens is 3. The number of methoxy groups -OCH3 is 2. The van der Waals surface area contributed by atoms with Gasteiger partial charge in [0.15, 0.2) is 11.9 Å². The van der Waals surface area contributed by atoms with Crippen LogP contribution in [0.15, 0.2) is 42.6 Å². The number of aromatic nitrogens is 2. The highest BCUT2D eigenvalue weighted by Crippen LogP contribution is 2.36. The molecule has 0 fully saturated rings. The fourth-order valence-electron chi connectivity index (χ4n) is 3.93. The zero-order valence-corrected chi connectivity index (χ0v) is 19.8. The average molecular weight is 500 g/mol. The van der Waals surface area contributed by atoms with E-state index in [9.17, 15) is 23.2 Å². The summed E-state index contributed by atoms with van der Waals surface area (Å²) in [6, 6.07) is 11.7. The van der Waals surface area contributed by atoms with Gasteiger partial charge in [0.1, 0.15) is 23.1 Å². The van der Waals surface area contributed by atoms with Crippen LogP contribution in [0.25, 0.3) is 5.69 Å². The lowest BCUT2D eigenvalue weighted by molar-refractivity contribution is -0.189. The van der Waals surface area contributed by atoms with Crippen molar-refractivity contribution in [3.05, 3.63) is 65.0 Å². The minimum absolute atomic E-state index is 0.0119. The first-order valence-corrected chi connectivity index (χ1v) is 11.0. The van der Waals surface area contributed by atoms with E-state index >= 15 is 0 Å². The molecule has 0 aliphatic carbocycles. The number of rotatable bonds is 6. The van der Waals surface area contributed by atoms with E-state index in [2.05, 4.69) is 5.10 Å². The van der Waals surface area contributed by atoms with Gasteiger partial charge < -0.3 is 19.1 Å². The van der Waals surface area contributed by atoms with Crippen molar-refractivity contribution in [2.45, 2.75) is 32.2 Å². The third-order valence-electron chi connectivity index (χ3n) is 5.90. The minimum Gasteiger partial charge on any atom is -0.497 e. The summed E-state index contributed by atoms with van der Waals surface area (Å²) in [6.07, 6.45) is -4.56. The van der Waals surface area contributed by atoms with Gasteiger partial charge in [-0.05, 0) is 43.3 Å². The molecule has 1 atom stereocenters. The van der Waals surface area contributed by atoms with Crippen LogP contribution in [0.5, 0.6) is 17.2 Å². The maximum Gasteiger partial charge on any atom is 0.425 e. The zero-order valence-electron chi connectivity index (χ0n) is 19.8. The van der Waals surface area contributed by atoms with Crippen LogP contribution in [0.4, 0.5) is 13.2 Å². The van der Waals surface area contributed by atoms with E-state index in [1.807, 2.05) is 36.5 Å². The topological polar surface area (TPSA) is 89.6 Å². The Morgan fingerprint density at radius 1 is 1.14 bits per heavy atom. The van der Waals surface area contributed by atoms with Gasteiger partial charge in [-0.15, -0.1) is 0 Å². The number of carbonyl (C=O) groups is 1. The second kappa shape index (κ2) is 9.81. The van der Waals surface area contributed by atoms with E-state index < -0.39 is 18.2 Å². The Morgan fingerprint density at radius 2 is 1.86 bits per heavy atom. The van der Waals surface area contributed by atoms with Gasteiger partial charge in [0.05, 0.1) is 31.2 Å². The molecule has 1 unspecified atom stereocenters. The summed E-state index contributed by atoms with van der Waals surface area (Å²) in [5, 5.41) is 14.1. The molecule has 1 aliphatic rings. The van der Waals surface area contributed by atoms with Crippen LogP contribution in [0.3, 0.4) is 0 Å². The number of hydrogen-bond acceptors (Lipinski definition) is 6. The highest BCUT2D eigenvalue weighted by atomic mass is 19.4. The van der Waals surface area contributed by atoms with Crippen LogP contribution in [0, 0.1) is 11.3 Å². The van der Waals surface area contributed by atoms with Crippen LogP contribution in [0.2, 0.25) is 0 Å². The molecule has 188 valence electrons. The van der Waals surface area contributed by atoms with Crippen molar-refractivity contribution in [3.8, 4) is 29.0 Å². The summed E-state index contributed by atoms with van der Waals surface area (Å²) in [7, 11) is 2.83. The van der Waals surface area contributed by atoms with Crippen molar-refractivity contribution >= 4 is 5.91 Å². The lowest BCUT2D eigenvalue weighted by Gasteiger charge is -2.28. The van der Waals surface area contributed by atoms with Crippen molar-refractivity contribution < 1.29 is 32.2 Å². The molecule has 0 radical (unpaired) electrons. The Kier molecular flexibility index (Phi) is 6.79. The predicted molar refractivity (Wildman–Crippen MR) is 122 cm³/mol. The first kappa shape index (κ1) is 24.9. The third-order valence-corrected chi connectivity index (χ3v) is 5.90. The smallest absolute Gasteiger partial charge is 0.425 e. The molecule has 0 saturated carbocycles. The van der Waals surface area contributed by atoms with Gasteiger partial charge in [-0.1, -0.05) is 0 Å². The number of alkyl halides is 3. The van der Waals surface area contributed by atoms with Crippen LogP contribution in [-0.2, 0) is 13.0 Å². The monoisotopic (exact) mass is 500 g/mol. The molecule has 36 heavy (non-hydrogen) atoms. The van der Waals surface area contributed by atoms with E-state index in [4.69, 9.17) is 14.2 Å². The van der Waals surface area contributed by atoms with Gasteiger partial charge >= 0.3 is 6.18 Å². The zero-order chi connectivity index (χ0) is 26.0. The number of amides is 1. The molecule has 1 aromatic heterocycles. The molecule has 0 spiro atoms. The SMILES string of the molecule is COc1ccc(-n2cc3c(n2)CCN(C(=O)c2c(OC(C)C(F)(F)F)ccc(C#N)c2OC)C3)cc1. The fourth-order valence-corrected chi connectivity index (χ4v) is 3.93. The van der Waals surface area contributed by atoms with Gasteiger partial charge in [-0.25, -0.2) is 4.68 Å². The average Bonchev–Trinajstić information content (AvgIpc) is 3.30. The van der Waals surface area contributed by atoms with Crippen molar-refractivity contribution in [1.29, 1.82) is 5.26 Å². The molecule has 0 saturated heterocycles. The van der Waals surface area contributed by atoms with Crippen LogP contribution < -0.4 is 14.2 Å². The van der Waals surface area contributed by atoms with E-state index in [-0.39, 0.29) is 35.7 Å². The Morgan fingerprint density at radius 3 is 2.47 bits per heavy atom. The molecule has 1 amide bonds. The Bertz CT molecular complexity index is 1310. The molecular weight excluding hydrogens is 477 g/mol. The largest absolute Gasteiger partial charge is 0.497 e. The van der Waals surface area contributed by atoms with E-state index in [1.54, 1.807) is 11.8 Å².